The quantitative estimate of drug-likeness (QED) is 0.192. The fraction of sp³-hybridized carbons (Fsp3) is 0.818. The van der Waals surface area contributed by atoms with Crippen molar-refractivity contribution in [3.63, 3.8) is 0 Å². The van der Waals surface area contributed by atoms with Crippen LogP contribution in [0.1, 0.15) is 67.2 Å². The second-order valence-electron chi connectivity index (χ2n) is 9.06. The van der Waals surface area contributed by atoms with Crippen LogP contribution in [-0.4, -0.2) is 59.5 Å². The number of carboxylic acid groups (broad SMARTS) is 1. The average molecular weight is 458 g/mol. The molecule has 0 spiro atoms. The van der Waals surface area contributed by atoms with Gasteiger partial charge in [0.05, 0.1) is 6.04 Å². The lowest BCUT2D eigenvalue weighted by Crippen LogP contribution is -2.60. The number of amides is 3. The Labute approximate surface area is 191 Å². The summed E-state index contributed by atoms with van der Waals surface area (Å²) in [4.78, 5) is 49.8. The van der Waals surface area contributed by atoms with Gasteiger partial charge in [-0.2, -0.15) is 0 Å². The Morgan fingerprint density at radius 1 is 0.781 bits per heavy atom. The highest BCUT2D eigenvalue weighted by molar-refractivity contribution is 5.94. The van der Waals surface area contributed by atoms with Crippen LogP contribution in [0, 0.1) is 17.8 Å². The van der Waals surface area contributed by atoms with Crippen LogP contribution in [0.5, 0.6) is 0 Å². The third kappa shape index (κ3) is 9.95. The van der Waals surface area contributed by atoms with Gasteiger partial charge in [0, 0.05) is 0 Å². The Bertz CT molecular complexity index is 626. The average Bonchev–Trinajstić information content (AvgIpc) is 2.72. The largest absolute Gasteiger partial charge is 0.480 e. The Hall–Kier alpha value is -2.20. The molecule has 8 N–H and O–H groups in total. The molecule has 0 aliphatic carbocycles. The van der Waals surface area contributed by atoms with Crippen molar-refractivity contribution in [2.75, 3.05) is 6.54 Å². The van der Waals surface area contributed by atoms with Crippen molar-refractivity contribution < 1.29 is 24.3 Å². The van der Waals surface area contributed by atoms with Crippen LogP contribution in [-0.2, 0) is 19.2 Å². The zero-order valence-electron chi connectivity index (χ0n) is 20.3. The third-order valence-electron chi connectivity index (χ3n) is 5.58. The molecule has 186 valence electrons. The zero-order chi connectivity index (χ0) is 25.0. The standard InChI is InChI=1S/C22H43N5O5/c1-7-14(6)18(22(31)32)27-21(30)17(13(4)5)26-20(29)16(12(2)3)25-19(28)15(24)10-8-9-11-23/h12-18H,7-11,23-24H2,1-6H3,(H,25,28)(H,26,29)(H,27,30)(H,31,32). The van der Waals surface area contributed by atoms with Gasteiger partial charge in [-0.05, 0) is 37.1 Å². The monoisotopic (exact) mass is 457 g/mol. The highest BCUT2D eigenvalue weighted by atomic mass is 16.4. The van der Waals surface area contributed by atoms with Crippen LogP contribution < -0.4 is 27.4 Å². The molecular weight excluding hydrogens is 414 g/mol. The van der Waals surface area contributed by atoms with E-state index in [0.29, 0.717) is 25.8 Å². The van der Waals surface area contributed by atoms with Gasteiger partial charge in [0.1, 0.15) is 18.1 Å². The third-order valence-corrected chi connectivity index (χ3v) is 5.58. The summed E-state index contributed by atoms with van der Waals surface area (Å²) in [5.74, 6) is -3.49. The summed E-state index contributed by atoms with van der Waals surface area (Å²) in [6, 6.07) is -3.66. The first-order valence-corrected chi connectivity index (χ1v) is 11.5. The number of rotatable bonds is 15. The highest BCUT2D eigenvalue weighted by Gasteiger charge is 2.34. The smallest absolute Gasteiger partial charge is 0.326 e. The Morgan fingerprint density at radius 2 is 1.22 bits per heavy atom. The van der Waals surface area contributed by atoms with Crippen LogP contribution in [0.2, 0.25) is 0 Å². The van der Waals surface area contributed by atoms with Crippen molar-refractivity contribution >= 4 is 23.7 Å². The normalized spacial score (nSPS) is 16.1. The van der Waals surface area contributed by atoms with E-state index in [1.807, 2.05) is 6.92 Å². The van der Waals surface area contributed by atoms with Crippen molar-refractivity contribution in [1.82, 2.24) is 16.0 Å². The van der Waals surface area contributed by atoms with Gasteiger partial charge in [-0.15, -0.1) is 0 Å². The van der Waals surface area contributed by atoms with Gasteiger partial charge in [0.2, 0.25) is 17.7 Å². The molecule has 0 aromatic heterocycles. The summed E-state index contributed by atoms with van der Waals surface area (Å²) in [6.07, 6.45) is 2.50. The van der Waals surface area contributed by atoms with Gasteiger partial charge in [-0.1, -0.05) is 54.4 Å². The number of unbranched alkanes of at least 4 members (excludes halogenated alkanes) is 1. The van der Waals surface area contributed by atoms with Crippen LogP contribution >= 0.6 is 0 Å². The van der Waals surface area contributed by atoms with Crippen LogP contribution in [0.3, 0.4) is 0 Å². The summed E-state index contributed by atoms with van der Waals surface area (Å²) in [5.41, 5.74) is 11.4. The second-order valence-corrected chi connectivity index (χ2v) is 9.06. The number of carbonyl (C=O) groups is 4. The first-order valence-electron chi connectivity index (χ1n) is 11.5. The molecule has 0 aliphatic rings. The van der Waals surface area contributed by atoms with E-state index >= 15 is 0 Å². The topological polar surface area (TPSA) is 177 Å². The van der Waals surface area contributed by atoms with E-state index in [2.05, 4.69) is 16.0 Å². The molecule has 32 heavy (non-hydrogen) atoms. The molecule has 0 aromatic carbocycles. The zero-order valence-corrected chi connectivity index (χ0v) is 20.3. The van der Waals surface area contributed by atoms with E-state index in [4.69, 9.17) is 11.5 Å². The molecule has 10 nitrogen and oxygen atoms in total. The maximum Gasteiger partial charge on any atom is 0.326 e. The van der Waals surface area contributed by atoms with Crippen molar-refractivity contribution in [3.8, 4) is 0 Å². The number of carboxylic acids is 1. The van der Waals surface area contributed by atoms with Crippen molar-refractivity contribution in [1.29, 1.82) is 0 Å². The van der Waals surface area contributed by atoms with Gasteiger partial charge in [-0.3, -0.25) is 14.4 Å². The number of hydrogen-bond acceptors (Lipinski definition) is 6. The lowest BCUT2D eigenvalue weighted by molar-refractivity contribution is -0.144. The van der Waals surface area contributed by atoms with Crippen LogP contribution in [0.4, 0.5) is 0 Å². The predicted octanol–water partition coefficient (Wildman–Crippen LogP) is 0.340. The van der Waals surface area contributed by atoms with Gasteiger partial charge < -0.3 is 32.5 Å². The maximum absolute atomic E-state index is 13.0. The Balaban J connectivity index is 5.30. The van der Waals surface area contributed by atoms with E-state index in [9.17, 15) is 24.3 Å². The summed E-state index contributed by atoms with van der Waals surface area (Å²) < 4.78 is 0. The molecule has 0 aliphatic heterocycles. The molecule has 0 saturated heterocycles. The van der Waals surface area contributed by atoms with Crippen molar-refractivity contribution in [3.05, 3.63) is 0 Å². The summed E-state index contributed by atoms with van der Waals surface area (Å²) in [7, 11) is 0. The van der Waals surface area contributed by atoms with E-state index in [-0.39, 0.29) is 17.8 Å². The molecule has 0 rings (SSSR count). The second kappa shape index (κ2) is 14.8. The summed E-state index contributed by atoms with van der Waals surface area (Å²) >= 11 is 0. The number of hydrogen-bond donors (Lipinski definition) is 6. The Morgan fingerprint density at radius 3 is 1.59 bits per heavy atom. The fourth-order valence-electron chi connectivity index (χ4n) is 3.14. The fourth-order valence-corrected chi connectivity index (χ4v) is 3.14. The molecule has 0 heterocycles. The minimum Gasteiger partial charge on any atom is -0.480 e. The molecule has 5 atom stereocenters. The van der Waals surface area contributed by atoms with Crippen molar-refractivity contribution in [2.45, 2.75) is 91.4 Å². The molecule has 10 heteroatoms. The molecule has 5 unspecified atom stereocenters. The summed E-state index contributed by atoms with van der Waals surface area (Å²) in [5, 5.41) is 17.3. The lowest BCUT2D eigenvalue weighted by Gasteiger charge is -2.29. The number of nitrogens with one attached hydrogen (secondary N) is 3. The molecule has 0 saturated carbocycles. The molecule has 0 aromatic rings. The predicted molar refractivity (Wildman–Crippen MR) is 123 cm³/mol. The molecular formula is C22H43N5O5. The van der Waals surface area contributed by atoms with E-state index < -0.39 is 47.9 Å². The van der Waals surface area contributed by atoms with E-state index in [1.54, 1.807) is 34.6 Å². The Kier molecular flexibility index (Phi) is 13.8. The first-order chi connectivity index (χ1) is 14.9. The first kappa shape index (κ1) is 29.8. The van der Waals surface area contributed by atoms with E-state index in [0.717, 1.165) is 6.42 Å². The SMILES string of the molecule is CCC(C)C(NC(=O)C(NC(=O)C(NC(=O)C(N)CCCCN)C(C)C)C(C)C)C(=O)O. The van der Waals surface area contributed by atoms with Gasteiger partial charge in [0.25, 0.3) is 0 Å². The molecule has 0 radical (unpaired) electrons. The molecule has 3 amide bonds. The number of nitrogens with two attached hydrogens (primary N) is 2. The van der Waals surface area contributed by atoms with Gasteiger partial charge in [-0.25, -0.2) is 4.79 Å². The van der Waals surface area contributed by atoms with Crippen LogP contribution in [0.15, 0.2) is 0 Å². The summed E-state index contributed by atoms with van der Waals surface area (Å²) in [6.45, 7) is 11.1. The maximum atomic E-state index is 13.0. The van der Waals surface area contributed by atoms with Gasteiger partial charge in [0.15, 0.2) is 0 Å². The lowest BCUT2D eigenvalue weighted by atomic mass is 9.96. The van der Waals surface area contributed by atoms with Crippen LogP contribution in [0.25, 0.3) is 0 Å². The van der Waals surface area contributed by atoms with Gasteiger partial charge >= 0.3 is 5.97 Å². The molecule has 0 fully saturated rings. The molecule has 0 bridgehead atoms. The number of carbonyl (C=O) groups excluding carboxylic acids is 3. The number of aliphatic carboxylic acids is 1. The van der Waals surface area contributed by atoms with Crippen molar-refractivity contribution in [2.24, 2.45) is 29.2 Å². The highest BCUT2D eigenvalue weighted by Crippen LogP contribution is 2.11. The van der Waals surface area contributed by atoms with E-state index in [1.165, 1.54) is 0 Å². The minimum absolute atomic E-state index is 0.252. The minimum atomic E-state index is -1.13.